The van der Waals surface area contributed by atoms with Crippen molar-refractivity contribution in [1.82, 2.24) is 0 Å². The van der Waals surface area contributed by atoms with Crippen LogP contribution in [0.4, 0.5) is 0 Å². The number of rotatable bonds is 14. The SMILES string of the molecule is CCCCCCCCCCCCC/C=C/[C@@]1(O)OS(=O)(=O)O[C@]1(N)C(O)(Br)Br. The molecule has 1 rings (SSSR count). The van der Waals surface area contributed by atoms with Crippen LogP contribution in [0.2, 0.25) is 0 Å². The first kappa shape index (κ1) is 26.5. The molecule has 0 spiro atoms. The van der Waals surface area contributed by atoms with Crippen LogP contribution in [0.15, 0.2) is 12.2 Å². The highest BCUT2D eigenvalue weighted by atomic mass is 79.9. The lowest BCUT2D eigenvalue weighted by atomic mass is 10.0. The van der Waals surface area contributed by atoms with Crippen LogP contribution in [0.3, 0.4) is 0 Å². The number of allylic oxidation sites excluding steroid dienone is 1. The van der Waals surface area contributed by atoms with Gasteiger partial charge in [-0.1, -0.05) is 77.2 Å². The fraction of sp³-hybridized carbons (Fsp3) is 0.889. The molecule has 28 heavy (non-hydrogen) atoms. The van der Waals surface area contributed by atoms with Gasteiger partial charge >= 0.3 is 10.4 Å². The van der Waals surface area contributed by atoms with E-state index in [0.29, 0.717) is 6.42 Å². The molecule has 10 heteroatoms. The Morgan fingerprint density at radius 3 is 1.89 bits per heavy atom. The van der Waals surface area contributed by atoms with Crippen LogP contribution in [-0.2, 0) is 18.8 Å². The van der Waals surface area contributed by atoms with Gasteiger partial charge in [-0.05, 0) is 50.8 Å². The number of aliphatic hydroxyl groups is 2. The molecular formula is C18H33Br2NO6S. The van der Waals surface area contributed by atoms with Crippen LogP contribution in [-0.4, -0.2) is 33.6 Å². The smallest absolute Gasteiger partial charge is 0.366 e. The largest absolute Gasteiger partial charge is 0.405 e. The van der Waals surface area contributed by atoms with E-state index in [1.54, 1.807) is 6.08 Å². The van der Waals surface area contributed by atoms with Crippen molar-refractivity contribution in [3.05, 3.63) is 12.2 Å². The molecule has 1 aliphatic rings. The minimum absolute atomic E-state index is 0.613. The molecule has 1 saturated heterocycles. The Hall–Kier alpha value is 0.450. The highest BCUT2D eigenvalue weighted by molar-refractivity contribution is 9.25. The third kappa shape index (κ3) is 7.94. The summed E-state index contributed by atoms with van der Waals surface area (Å²) in [5.74, 6) is -2.55. The van der Waals surface area contributed by atoms with E-state index in [-0.39, 0.29) is 0 Å². The summed E-state index contributed by atoms with van der Waals surface area (Å²) in [4.78, 5) is 0. The lowest BCUT2D eigenvalue weighted by molar-refractivity contribution is -0.190. The Balaban J connectivity index is 2.29. The Morgan fingerprint density at radius 2 is 1.43 bits per heavy atom. The minimum atomic E-state index is -4.56. The van der Waals surface area contributed by atoms with Gasteiger partial charge in [0.25, 0.3) is 5.79 Å². The lowest BCUT2D eigenvalue weighted by Crippen LogP contribution is -2.67. The van der Waals surface area contributed by atoms with E-state index < -0.39 is 25.3 Å². The van der Waals surface area contributed by atoms with Gasteiger partial charge in [0, 0.05) is 0 Å². The van der Waals surface area contributed by atoms with Gasteiger partial charge in [0.2, 0.25) is 9.14 Å². The van der Waals surface area contributed by atoms with Crippen LogP contribution in [0.1, 0.15) is 84.0 Å². The van der Waals surface area contributed by atoms with Crippen LogP contribution in [0.25, 0.3) is 0 Å². The second-order valence-electron chi connectivity index (χ2n) is 7.27. The van der Waals surface area contributed by atoms with E-state index in [0.717, 1.165) is 25.3 Å². The quantitative estimate of drug-likeness (QED) is 0.167. The van der Waals surface area contributed by atoms with Crippen LogP contribution in [0, 0.1) is 0 Å². The van der Waals surface area contributed by atoms with Gasteiger partial charge in [-0.3, -0.25) is 5.73 Å². The van der Waals surface area contributed by atoms with Gasteiger partial charge in [0.05, 0.1) is 0 Å². The average molecular weight is 551 g/mol. The first-order valence-electron chi connectivity index (χ1n) is 9.93. The first-order chi connectivity index (χ1) is 13.0. The lowest BCUT2D eigenvalue weighted by Gasteiger charge is -2.37. The van der Waals surface area contributed by atoms with Gasteiger partial charge in [-0.2, -0.15) is 8.42 Å². The standard InChI is InChI=1S/C18H33Br2NO6S/c1-2-3-4-5-6-7-8-9-10-11-12-13-14-15-16(22)17(21,18(19,20)23)27-28(24,25)26-16/h14-15,22-23H,2-13,21H2,1H3/b15-14+/t16-,17+/m1/s1. The van der Waals surface area contributed by atoms with Gasteiger partial charge in [0.15, 0.2) is 0 Å². The number of hydrogen-bond donors (Lipinski definition) is 3. The molecule has 0 aromatic heterocycles. The van der Waals surface area contributed by atoms with Gasteiger partial charge in [-0.15, -0.1) is 0 Å². The molecule has 0 amide bonds. The molecule has 1 heterocycles. The third-order valence-electron chi connectivity index (χ3n) is 4.76. The number of unbranched alkanes of at least 4 members (excludes halogenated alkanes) is 11. The molecule has 1 aliphatic heterocycles. The van der Waals surface area contributed by atoms with Crippen molar-refractivity contribution in [2.45, 2.75) is 98.9 Å². The van der Waals surface area contributed by atoms with E-state index in [1.807, 2.05) is 0 Å². The fourth-order valence-corrected chi connectivity index (χ4v) is 5.07. The van der Waals surface area contributed by atoms with Crippen molar-refractivity contribution in [3.8, 4) is 0 Å². The van der Waals surface area contributed by atoms with Gasteiger partial charge in [-0.25, -0.2) is 8.37 Å². The zero-order valence-electron chi connectivity index (χ0n) is 16.4. The summed E-state index contributed by atoms with van der Waals surface area (Å²) in [7, 11) is -4.56. The van der Waals surface area contributed by atoms with Crippen LogP contribution < -0.4 is 5.73 Å². The predicted molar refractivity (Wildman–Crippen MR) is 116 cm³/mol. The molecular weight excluding hydrogens is 518 g/mol. The third-order valence-corrected chi connectivity index (χ3v) is 6.86. The molecule has 4 N–H and O–H groups in total. The van der Waals surface area contributed by atoms with Crippen molar-refractivity contribution in [1.29, 1.82) is 0 Å². The summed E-state index contributed by atoms with van der Waals surface area (Å²) in [6.45, 7) is 2.22. The van der Waals surface area contributed by atoms with E-state index in [4.69, 9.17) is 5.73 Å². The normalized spacial score (nSPS) is 27.6. The molecule has 1 fully saturated rings. The molecule has 0 aromatic rings. The molecule has 0 radical (unpaired) electrons. The van der Waals surface area contributed by atoms with Crippen molar-refractivity contribution >= 4 is 42.3 Å². The molecule has 0 unspecified atom stereocenters. The Kier molecular flexibility index (Phi) is 11.1. The second-order valence-corrected chi connectivity index (χ2v) is 11.8. The summed E-state index contributed by atoms with van der Waals surface area (Å²) in [6.07, 6.45) is 16.7. The Labute approximate surface area is 185 Å². The van der Waals surface area contributed by atoms with Gasteiger partial charge in [0.1, 0.15) is 0 Å². The van der Waals surface area contributed by atoms with E-state index in [9.17, 15) is 18.6 Å². The summed E-state index contributed by atoms with van der Waals surface area (Å²) in [5, 5.41) is 20.5. The highest BCUT2D eigenvalue weighted by Crippen LogP contribution is 2.48. The summed E-state index contributed by atoms with van der Waals surface area (Å²) in [5.41, 5.74) is 3.27. The summed E-state index contributed by atoms with van der Waals surface area (Å²) >= 11 is 5.51. The maximum absolute atomic E-state index is 11.6. The molecule has 0 saturated carbocycles. The zero-order valence-corrected chi connectivity index (χ0v) is 20.4. The van der Waals surface area contributed by atoms with E-state index in [1.165, 1.54) is 51.4 Å². The molecule has 0 aliphatic carbocycles. The Morgan fingerprint density at radius 1 is 0.964 bits per heavy atom. The molecule has 0 aromatic carbocycles. The first-order valence-corrected chi connectivity index (χ1v) is 12.8. The average Bonchev–Trinajstić information content (AvgIpc) is 2.77. The Bertz CT molecular complexity index is 595. The molecule has 2 atom stereocenters. The molecule has 0 bridgehead atoms. The number of nitrogens with two attached hydrogens (primary N) is 1. The van der Waals surface area contributed by atoms with Crippen LogP contribution >= 0.6 is 31.9 Å². The predicted octanol–water partition coefficient (Wildman–Crippen LogP) is 4.31. The second kappa shape index (κ2) is 11.7. The van der Waals surface area contributed by atoms with E-state index in [2.05, 4.69) is 47.1 Å². The zero-order chi connectivity index (χ0) is 21.3. The van der Waals surface area contributed by atoms with Crippen molar-refractivity contribution < 1.29 is 27.0 Å². The maximum atomic E-state index is 11.6. The summed E-state index contributed by atoms with van der Waals surface area (Å²) < 4.78 is 30.0. The summed E-state index contributed by atoms with van der Waals surface area (Å²) in [6, 6.07) is 0. The van der Waals surface area contributed by atoms with E-state index >= 15 is 0 Å². The topological polar surface area (TPSA) is 119 Å². The number of halogens is 2. The molecule has 7 nitrogen and oxygen atoms in total. The minimum Gasteiger partial charge on any atom is -0.366 e. The highest BCUT2D eigenvalue weighted by Gasteiger charge is 2.69. The van der Waals surface area contributed by atoms with Crippen molar-refractivity contribution in [2.75, 3.05) is 0 Å². The number of alkyl halides is 2. The monoisotopic (exact) mass is 549 g/mol. The van der Waals surface area contributed by atoms with Crippen molar-refractivity contribution in [2.24, 2.45) is 5.73 Å². The number of hydrogen-bond acceptors (Lipinski definition) is 7. The van der Waals surface area contributed by atoms with Crippen LogP contribution in [0.5, 0.6) is 0 Å². The fourth-order valence-electron chi connectivity index (χ4n) is 3.04. The van der Waals surface area contributed by atoms with Crippen molar-refractivity contribution in [3.63, 3.8) is 0 Å². The molecule has 166 valence electrons. The van der Waals surface area contributed by atoms with Gasteiger partial charge < -0.3 is 10.2 Å². The maximum Gasteiger partial charge on any atom is 0.405 e.